The molecule has 8 nitrogen and oxygen atoms in total. The van der Waals surface area contributed by atoms with Crippen molar-refractivity contribution in [2.24, 2.45) is 5.92 Å². The minimum atomic E-state index is -0.625. The molecule has 0 unspecified atom stereocenters. The van der Waals surface area contributed by atoms with E-state index in [1.54, 1.807) is 32.3 Å². The number of aromatic nitrogens is 1. The van der Waals surface area contributed by atoms with E-state index in [1.807, 2.05) is 6.07 Å². The van der Waals surface area contributed by atoms with Crippen molar-refractivity contribution in [2.45, 2.75) is 38.1 Å². The zero-order valence-corrected chi connectivity index (χ0v) is 18.5. The van der Waals surface area contributed by atoms with Gasteiger partial charge in [0.1, 0.15) is 17.5 Å². The van der Waals surface area contributed by atoms with Crippen LogP contribution < -0.4 is 16.0 Å². The molecule has 2 aromatic rings. The molecule has 0 radical (unpaired) electrons. The lowest BCUT2D eigenvalue weighted by Gasteiger charge is -2.29. The highest BCUT2D eigenvalue weighted by molar-refractivity contribution is 5.98. The van der Waals surface area contributed by atoms with Gasteiger partial charge in [0, 0.05) is 30.6 Å². The molecular weight excluding hydrogens is 408 g/mol. The number of carbonyl (C=O) groups excluding carboxylic acids is 3. The molecule has 4 N–H and O–H groups in total. The van der Waals surface area contributed by atoms with Crippen molar-refractivity contribution in [3.05, 3.63) is 54.4 Å². The third kappa shape index (κ3) is 5.19. The number of amides is 3. The van der Waals surface area contributed by atoms with E-state index in [0.29, 0.717) is 11.3 Å². The summed E-state index contributed by atoms with van der Waals surface area (Å²) in [7, 11) is 3.12. The van der Waals surface area contributed by atoms with Crippen LogP contribution in [0.25, 0.3) is 16.7 Å². The molecule has 8 heteroatoms. The molecule has 3 rings (SSSR count). The van der Waals surface area contributed by atoms with Crippen LogP contribution in [-0.4, -0.2) is 42.8 Å². The number of nitrogens with one attached hydrogen (secondary N) is 4. The average Bonchev–Trinajstić information content (AvgIpc) is 3.25. The quantitative estimate of drug-likeness (QED) is 0.375. The predicted molar refractivity (Wildman–Crippen MR) is 124 cm³/mol. The van der Waals surface area contributed by atoms with Gasteiger partial charge in [0.2, 0.25) is 5.91 Å². The zero-order valence-electron chi connectivity index (χ0n) is 18.5. The Morgan fingerprint density at radius 1 is 1.06 bits per heavy atom. The summed E-state index contributed by atoms with van der Waals surface area (Å²) in [5.41, 5.74) is 1.81. The van der Waals surface area contributed by atoms with E-state index in [-0.39, 0.29) is 29.3 Å². The van der Waals surface area contributed by atoms with E-state index in [1.165, 1.54) is 0 Å². The van der Waals surface area contributed by atoms with Crippen molar-refractivity contribution in [3.63, 3.8) is 0 Å². The summed E-state index contributed by atoms with van der Waals surface area (Å²) in [5.74, 6) is -0.802. The molecular formula is C24H30N4O4. The Kier molecular flexibility index (Phi) is 7.35. The second-order valence-corrected chi connectivity index (χ2v) is 7.98. The van der Waals surface area contributed by atoms with E-state index < -0.39 is 11.9 Å². The molecule has 1 aromatic heterocycles. The number of H-pyrrole nitrogens is 1. The monoisotopic (exact) mass is 438 g/mol. The van der Waals surface area contributed by atoms with Crippen LogP contribution in [0.5, 0.6) is 0 Å². The average molecular weight is 439 g/mol. The molecule has 1 aromatic carbocycles. The second kappa shape index (κ2) is 10.2. The molecule has 1 fully saturated rings. The third-order valence-corrected chi connectivity index (χ3v) is 5.85. The van der Waals surface area contributed by atoms with E-state index >= 15 is 0 Å². The summed E-state index contributed by atoms with van der Waals surface area (Å²) in [4.78, 5) is 39.9. The number of carbonyl (C=O) groups is 3. The maximum Gasteiger partial charge on any atom is 0.287 e. The van der Waals surface area contributed by atoms with Gasteiger partial charge < -0.3 is 25.7 Å². The smallest absolute Gasteiger partial charge is 0.287 e. The molecule has 0 aliphatic heterocycles. The lowest BCUT2D eigenvalue weighted by molar-refractivity contribution is -0.129. The van der Waals surface area contributed by atoms with Crippen LogP contribution in [0, 0.1) is 5.92 Å². The Bertz CT molecular complexity index is 1050. The fourth-order valence-electron chi connectivity index (χ4n) is 4.05. The van der Waals surface area contributed by atoms with Crippen molar-refractivity contribution < 1.29 is 19.1 Å². The van der Waals surface area contributed by atoms with Gasteiger partial charge in [-0.1, -0.05) is 44.6 Å². The first-order valence-electron chi connectivity index (χ1n) is 10.8. The summed E-state index contributed by atoms with van der Waals surface area (Å²) in [6.45, 7) is 7.61. The lowest BCUT2D eigenvalue weighted by Crippen LogP contribution is -2.51. The van der Waals surface area contributed by atoms with Crippen LogP contribution in [0.15, 0.2) is 43.2 Å². The number of likely N-dealkylation sites (N-methyl/N-ethyl adjacent to an activating group) is 1. The minimum absolute atomic E-state index is 0.0912. The maximum absolute atomic E-state index is 12.7. The standard InChI is InChI=1S/C24H30N4O4/c1-14(17-10-11-18-13-20(23(30)25-3)27-19(18)12-17)32-15(2)22(29)28-21(24(31)26-4)16-8-6-5-7-9-16/h10-13,16,21,27H,1-2,5-9H2,3-4H3,(H,25,30)(H,26,31)(H,28,29)/t21-/m0/s1. The van der Waals surface area contributed by atoms with Gasteiger partial charge in [-0.2, -0.15) is 0 Å². The van der Waals surface area contributed by atoms with Gasteiger partial charge in [-0.3, -0.25) is 14.4 Å². The van der Waals surface area contributed by atoms with Gasteiger partial charge >= 0.3 is 0 Å². The van der Waals surface area contributed by atoms with E-state index in [9.17, 15) is 14.4 Å². The van der Waals surface area contributed by atoms with E-state index in [2.05, 4.69) is 34.1 Å². The fourth-order valence-corrected chi connectivity index (χ4v) is 4.05. The summed E-state index contributed by atoms with van der Waals surface area (Å²) in [5, 5.41) is 8.84. The summed E-state index contributed by atoms with van der Waals surface area (Å²) < 4.78 is 5.60. The van der Waals surface area contributed by atoms with Gasteiger partial charge in [0.05, 0.1) is 0 Å². The molecule has 32 heavy (non-hydrogen) atoms. The highest BCUT2D eigenvalue weighted by Gasteiger charge is 2.31. The highest BCUT2D eigenvalue weighted by atomic mass is 16.5. The Morgan fingerprint density at radius 2 is 1.78 bits per heavy atom. The molecule has 1 aliphatic carbocycles. The number of hydrogen-bond donors (Lipinski definition) is 4. The topological polar surface area (TPSA) is 112 Å². The van der Waals surface area contributed by atoms with E-state index in [0.717, 1.165) is 43.0 Å². The van der Waals surface area contributed by atoms with Crippen molar-refractivity contribution in [3.8, 4) is 0 Å². The van der Waals surface area contributed by atoms with Gasteiger partial charge in [0.15, 0.2) is 5.76 Å². The van der Waals surface area contributed by atoms with Crippen molar-refractivity contribution >= 4 is 34.4 Å². The Morgan fingerprint density at radius 3 is 2.44 bits per heavy atom. The van der Waals surface area contributed by atoms with Crippen LogP contribution in [0.2, 0.25) is 0 Å². The zero-order chi connectivity index (χ0) is 23.3. The summed E-state index contributed by atoms with van der Waals surface area (Å²) in [6, 6.07) is 6.52. The van der Waals surface area contributed by atoms with Gasteiger partial charge in [-0.25, -0.2) is 0 Å². The van der Waals surface area contributed by atoms with Crippen LogP contribution in [0.4, 0.5) is 0 Å². The van der Waals surface area contributed by atoms with Crippen LogP contribution >= 0.6 is 0 Å². The molecule has 1 atom stereocenters. The molecule has 0 spiro atoms. The van der Waals surface area contributed by atoms with Gasteiger partial charge in [0.25, 0.3) is 11.8 Å². The van der Waals surface area contributed by atoms with Gasteiger partial charge in [-0.05, 0) is 30.9 Å². The largest absolute Gasteiger partial charge is 0.452 e. The number of aromatic amines is 1. The number of ether oxygens (including phenoxy) is 1. The normalized spacial score (nSPS) is 14.9. The van der Waals surface area contributed by atoms with Crippen molar-refractivity contribution in [2.75, 3.05) is 14.1 Å². The first-order valence-corrected chi connectivity index (χ1v) is 10.8. The van der Waals surface area contributed by atoms with Gasteiger partial charge in [-0.15, -0.1) is 0 Å². The minimum Gasteiger partial charge on any atom is -0.452 e. The number of hydrogen-bond acceptors (Lipinski definition) is 4. The second-order valence-electron chi connectivity index (χ2n) is 7.98. The number of benzene rings is 1. The van der Waals surface area contributed by atoms with Crippen LogP contribution in [0.1, 0.15) is 48.2 Å². The van der Waals surface area contributed by atoms with Crippen molar-refractivity contribution in [1.82, 2.24) is 20.9 Å². The molecule has 0 bridgehead atoms. The maximum atomic E-state index is 12.7. The van der Waals surface area contributed by atoms with E-state index in [4.69, 9.17) is 4.74 Å². The fraction of sp³-hybridized carbons (Fsp3) is 0.375. The molecule has 1 heterocycles. The molecule has 170 valence electrons. The molecule has 3 amide bonds. The third-order valence-electron chi connectivity index (χ3n) is 5.85. The van der Waals surface area contributed by atoms with Crippen LogP contribution in [0.3, 0.4) is 0 Å². The van der Waals surface area contributed by atoms with Crippen LogP contribution in [-0.2, 0) is 14.3 Å². The predicted octanol–water partition coefficient (Wildman–Crippen LogP) is 2.84. The van der Waals surface area contributed by atoms with Crippen molar-refractivity contribution in [1.29, 1.82) is 0 Å². The summed E-state index contributed by atoms with van der Waals surface area (Å²) >= 11 is 0. The molecule has 0 saturated heterocycles. The summed E-state index contributed by atoms with van der Waals surface area (Å²) in [6.07, 6.45) is 5.03. The highest BCUT2D eigenvalue weighted by Crippen LogP contribution is 2.27. The molecule has 1 aliphatic rings. The number of rotatable bonds is 8. The first kappa shape index (κ1) is 23.1. The Labute approximate surface area is 187 Å². The number of fused-ring (bicyclic) bond motifs is 1. The Hall–Kier alpha value is -3.55. The Balaban J connectivity index is 1.67. The molecule has 1 saturated carbocycles. The first-order chi connectivity index (χ1) is 15.3. The SMILES string of the molecule is C=C(OC(=C)c1ccc2cc(C(=O)NC)[nH]c2c1)C(=O)N[C@H](C(=O)NC)C1CCCCC1. The lowest BCUT2D eigenvalue weighted by atomic mass is 9.83.